The van der Waals surface area contributed by atoms with E-state index in [0.29, 0.717) is 6.42 Å². The van der Waals surface area contributed by atoms with E-state index in [-0.39, 0.29) is 29.8 Å². The molecule has 1 aliphatic rings. The van der Waals surface area contributed by atoms with Gasteiger partial charge in [0.15, 0.2) is 9.84 Å². The molecule has 0 aromatic heterocycles. The number of rotatable bonds is 3. The predicted octanol–water partition coefficient (Wildman–Crippen LogP) is 2.83. The molecule has 1 fully saturated rings. The summed E-state index contributed by atoms with van der Waals surface area (Å²) >= 11 is 3.48. The number of carbonyl (C=O) groups is 1. The SMILES string of the molecule is Cc1cc(NC(=O)CC2CCS(=O)(=O)C2)cc(C)c1Br. The highest BCUT2D eigenvalue weighted by atomic mass is 79.9. The molecule has 1 aromatic rings. The number of aryl methyl sites for hydroxylation is 2. The van der Waals surface area contributed by atoms with Crippen LogP contribution < -0.4 is 5.32 Å². The normalized spacial score (nSPS) is 20.9. The minimum Gasteiger partial charge on any atom is -0.326 e. The maximum atomic E-state index is 12.0. The number of carbonyl (C=O) groups excluding carboxylic acids is 1. The molecule has 6 heteroatoms. The Labute approximate surface area is 128 Å². The third-order valence-electron chi connectivity index (χ3n) is 3.52. The molecule has 2 rings (SSSR count). The van der Waals surface area contributed by atoms with Crippen molar-refractivity contribution in [1.82, 2.24) is 0 Å². The largest absolute Gasteiger partial charge is 0.326 e. The second-order valence-corrected chi connectivity index (χ2v) is 8.47. The summed E-state index contributed by atoms with van der Waals surface area (Å²) in [7, 11) is -2.92. The van der Waals surface area contributed by atoms with Gasteiger partial charge in [0, 0.05) is 16.6 Å². The average molecular weight is 360 g/mol. The molecule has 1 aliphatic heterocycles. The Morgan fingerprint density at radius 3 is 2.45 bits per heavy atom. The number of benzene rings is 1. The number of sulfone groups is 1. The van der Waals surface area contributed by atoms with Crippen LogP contribution in [0.5, 0.6) is 0 Å². The van der Waals surface area contributed by atoms with E-state index in [4.69, 9.17) is 0 Å². The van der Waals surface area contributed by atoms with Crippen molar-refractivity contribution in [3.63, 3.8) is 0 Å². The minimum absolute atomic E-state index is 0.0438. The lowest BCUT2D eigenvalue weighted by molar-refractivity contribution is -0.116. The Balaban J connectivity index is 1.99. The van der Waals surface area contributed by atoms with Crippen LogP contribution in [-0.2, 0) is 14.6 Å². The molecule has 0 saturated carbocycles. The Hall–Kier alpha value is -0.880. The minimum atomic E-state index is -2.92. The van der Waals surface area contributed by atoms with Crippen molar-refractivity contribution in [2.75, 3.05) is 16.8 Å². The molecule has 1 amide bonds. The first-order chi connectivity index (χ1) is 9.27. The van der Waals surface area contributed by atoms with E-state index in [1.807, 2.05) is 26.0 Å². The predicted molar refractivity (Wildman–Crippen MR) is 83.6 cm³/mol. The van der Waals surface area contributed by atoms with Crippen molar-refractivity contribution in [2.45, 2.75) is 26.7 Å². The van der Waals surface area contributed by atoms with Gasteiger partial charge in [0.25, 0.3) is 0 Å². The molecular formula is C14H18BrNO3S. The summed E-state index contributed by atoms with van der Waals surface area (Å²) in [6.45, 7) is 3.94. The van der Waals surface area contributed by atoms with Gasteiger partial charge in [0.1, 0.15) is 0 Å². The van der Waals surface area contributed by atoms with Crippen molar-refractivity contribution in [1.29, 1.82) is 0 Å². The van der Waals surface area contributed by atoms with Crippen LogP contribution in [0.15, 0.2) is 16.6 Å². The number of amides is 1. The number of nitrogens with one attached hydrogen (secondary N) is 1. The molecule has 1 saturated heterocycles. The lowest BCUT2D eigenvalue weighted by Crippen LogP contribution is -2.17. The summed E-state index contributed by atoms with van der Waals surface area (Å²) in [4.78, 5) is 12.0. The first kappa shape index (κ1) is 15.5. The van der Waals surface area contributed by atoms with Crippen LogP contribution in [0.25, 0.3) is 0 Å². The number of halogens is 1. The van der Waals surface area contributed by atoms with E-state index >= 15 is 0 Å². The Morgan fingerprint density at radius 2 is 1.95 bits per heavy atom. The highest BCUT2D eigenvalue weighted by molar-refractivity contribution is 9.10. The summed E-state index contributed by atoms with van der Waals surface area (Å²) in [5.74, 6) is 0.186. The van der Waals surface area contributed by atoms with Crippen LogP contribution >= 0.6 is 15.9 Å². The van der Waals surface area contributed by atoms with Gasteiger partial charge in [-0.05, 0) is 49.4 Å². The molecule has 4 nitrogen and oxygen atoms in total. The van der Waals surface area contributed by atoms with E-state index in [1.54, 1.807) is 0 Å². The van der Waals surface area contributed by atoms with E-state index in [1.165, 1.54) is 0 Å². The van der Waals surface area contributed by atoms with E-state index in [2.05, 4.69) is 21.2 Å². The van der Waals surface area contributed by atoms with Gasteiger partial charge >= 0.3 is 0 Å². The number of hydrogen-bond donors (Lipinski definition) is 1. The lowest BCUT2D eigenvalue weighted by Gasteiger charge is -2.11. The smallest absolute Gasteiger partial charge is 0.224 e. The Kier molecular flexibility index (Phi) is 4.54. The second kappa shape index (κ2) is 5.85. The standard InChI is InChI=1S/C14H18BrNO3S/c1-9-5-12(6-10(2)14(9)15)16-13(17)7-11-3-4-20(18,19)8-11/h5-6,11H,3-4,7-8H2,1-2H3,(H,16,17). The second-order valence-electron chi connectivity index (χ2n) is 5.45. The molecular weight excluding hydrogens is 342 g/mol. The Bertz CT molecular complexity index is 617. The van der Waals surface area contributed by atoms with Crippen molar-refractivity contribution in [3.05, 3.63) is 27.7 Å². The molecule has 1 aromatic carbocycles. The molecule has 1 N–H and O–H groups in total. The van der Waals surface area contributed by atoms with Crippen LogP contribution in [0.4, 0.5) is 5.69 Å². The zero-order valence-electron chi connectivity index (χ0n) is 11.6. The van der Waals surface area contributed by atoms with Crippen LogP contribution in [-0.4, -0.2) is 25.8 Å². The Morgan fingerprint density at radius 1 is 1.35 bits per heavy atom. The molecule has 1 heterocycles. The van der Waals surface area contributed by atoms with Crippen molar-refractivity contribution < 1.29 is 13.2 Å². The topological polar surface area (TPSA) is 63.2 Å². The maximum absolute atomic E-state index is 12.0. The molecule has 1 atom stereocenters. The third kappa shape index (κ3) is 3.82. The zero-order chi connectivity index (χ0) is 14.9. The highest BCUT2D eigenvalue weighted by Crippen LogP contribution is 2.26. The fourth-order valence-electron chi connectivity index (χ4n) is 2.53. The van der Waals surface area contributed by atoms with Gasteiger partial charge in [-0.2, -0.15) is 0 Å². The zero-order valence-corrected chi connectivity index (χ0v) is 14.0. The molecule has 20 heavy (non-hydrogen) atoms. The molecule has 110 valence electrons. The first-order valence-corrected chi connectivity index (χ1v) is 9.15. The average Bonchev–Trinajstić information content (AvgIpc) is 2.65. The summed E-state index contributed by atoms with van der Waals surface area (Å²) < 4.78 is 23.8. The van der Waals surface area contributed by atoms with Crippen LogP contribution in [0.2, 0.25) is 0 Å². The van der Waals surface area contributed by atoms with Crippen LogP contribution in [0, 0.1) is 19.8 Å². The van der Waals surface area contributed by atoms with Gasteiger partial charge in [0.05, 0.1) is 11.5 Å². The van der Waals surface area contributed by atoms with E-state index < -0.39 is 9.84 Å². The van der Waals surface area contributed by atoms with Gasteiger partial charge in [-0.1, -0.05) is 15.9 Å². The maximum Gasteiger partial charge on any atom is 0.224 e. The van der Waals surface area contributed by atoms with Crippen molar-refractivity contribution >= 4 is 37.4 Å². The van der Waals surface area contributed by atoms with Crippen molar-refractivity contribution in [2.24, 2.45) is 5.92 Å². The highest BCUT2D eigenvalue weighted by Gasteiger charge is 2.29. The monoisotopic (exact) mass is 359 g/mol. The van der Waals surface area contributed by atoms with Gasteiger partial charge < -0.3 is 5.32 Å². The van der Waals surface area contributed by atoms with Gasteiger partial charge in [0.2, 0.25) is 5.91 Å². The number of anilines is 1. The van der Waals surface area contributed by atoms with E-state index in [9.17, 15) is 13.2 Å². The van der Waals surface area contributed by atoms with Gasteiger partial charge in [-0.15, -0.1) is 0 Å². The summed E-state index contributed by atoms with van der Waals surface area (Å²) in [6, 6.07) is 3.81. The fourth-order valence-corrected chi connectivity index (χ4v) is 4.62. The lowest BCUT2D eigenvalue weighted by atomic mass is 10.0. The molecule has 0 bridgehead atoms. The fraction of sp³-hybridized carbons (Fsp3) is 0.500. The molecule has 1 unspecified atom stereocenters. The van der Waals surface area contributed by atoms with E-state index in [0.717, 1.165) is 21.3 Å². The summed E-state index contributed by atoms with van der Waals surface area (Å²) in [5, 5.41) is 2.85. The first-order valence-electron chi connectivity index (χ1n) is 6.54. The molecule has 0 radical (unpaired) electrons. The van der Waals surface area contributed by atoms with Crippen LogP contribution in [0.1, 0.15) is 24.0 Å². The quantitative estimate of drug-likeness (QED) is 0.902. The van der Waals surface area contributed by atoms with Gasteiger partial charge in [-0.25, -0.2) is 8.42 Å². The summed E-state index contributed by atoms with van der Waals surface area (Å²) in [6.07, 6.45) is 0.863. The number of hydrogen-bond acceptors (Lipinski definition) is 3. The third-order valence-corrected chi connectivity index (χ3v) is 6.61. The van der Waals surface area contributed by atoms with Crippen molar-refractivity contribution in [3.8, 4) is 0 Å². The summed E-state index contributed by atoms with van der Waals surface area (Å²) in [5.41, 5.74) is 2.88. The van der Waals surface area contributed by atoms with Gasteiger partial charge in [-0.3, -0.25) is 4.79 Å². The van der Waals surface area contributed by atoms with Crippen LogP contribution in [0.3, 0.4) is 0 Å². The molecule has 0 spiro atoms. The molecule has 0 aliphatic carbocycles.